The molecule has 2 N–H and O–H groups in total. The van der Waals surface area contributed by atoms with E-state index in [9.17, 15) is 0 Å². The number of nitrogens with one attached hydrogen (secondary N) is 2. The maximum Gasteiger partial charge on any atom is 0.222 e. The van der Waals surface area contributed by atoms with Gasteiger partial charge in [-0.15, -0.1) is 0 Å². The second-order valence-electron chi connectivity index (χ2n) is 5.03. The van der Waals surface area contributed by atoms with Gasteiger partial charge in [0.25, 0.3) is 0 Å². The van der Waals surface area contributed by atoms with Gasteiger partial charge in [0.1, 0.15) is 0 Å². The molecule has 0 saturated carbocycles. The molecule has 1 rings (SSSR count). The van der Waals surface area contributed by atoms with E-state index in [0.29, 0.717) is 25.1 Å². The summed E-state index contributed by atoms with van der Waals surface area (Å²) in [4.78, 5) is 8.78. The molecule has 0 aliphatic rings. The molecule has 6 heteroatoms. The Balaban J connectivity index is 2.54. The number of hydrogen-bond acceptors (Lipinski definition) is 6. The lowest BCUT2D eigenvalue weighted by Gasteiger charge is -2.15. The minimum absolute atomic E-state index is 0.00816. The lowest BCUT2D eigenvalue weighted by molar-refractivity contribution is 0.0365. The summed E-state index contributed by atoms with van der Waals surface area (Å²) in [5.41, 5.74) is 2.10. The van der Waals surface area contributed by atoms with Gasteiger partial charge in [-0.1, -0.05) is 13.8 Å². The van der Waals surface area contributed by atoms with Crippen molar-refractivity contribution in [3.63, 3.8) is 0 Å². The molecule has 0 saturated heterocycles. The van der Waals surface area contributed by atoms with Crippen LogP contribution in [0, 0.1) is 6.92 Å². The average molecular weight is 282 g/mol. The molecule has 114 valence electrons. The number of anilines is 1. The van der Waals surface area contributed by atoms with Crippen molar-refractivity contribution in [2.75, 3.05) is 32.7 Å². The van der Waals surface area contributed by atoms with Gasteiger partial charge in [0.05, 0.1) is 12.7 Å². The normalized spacial score (nSPS) is 12.7. The Morgan fingerprint density at radius 2 is 2.05 bits per heavy atom. The molecular formula is C14H26N4O2. The van der Waals surface area contributed by atoms with E-state index in [1.165, 1.54) is 0 Å². The molecule has 0 fully saturated rings. The summed E-state index contributed by atoms with van der Waals surface area (Å²) < 4.78 is 10.3. The van der Waals surface area contributed by atoms with Crippen LogP contribution < -0.4 is 10.6 Å². The highest BCUT2D eigenvalue weighted by atomic mass is 16.5. The highest BCUT2D eigenvalue weighted by molar-refractivity contribution is 5.29. The SMILES string of the molecule is COCC(CNc1ncc(CNC(C)C)c(C)n1)OC. The van der Waals surface area contributed by atoms with Crippen LogP contribution in [0.4, 0.5) is 5.95 Å². The van der Waals surface area contributed by atoms with Crippen LogP contribution in [0.5, 0.6) is 0 Å². The summed E-state index contributed by atoms with van der Waals surface area (Å²) in [7, 11) is 3.32. The van der Waals surface area contributed by atoms with Crippen molar-refractivity contribution >= 4 is 5.95 Å². The highest BCUT2D eigenvalue weighted by Gasteiger charge is 2.08. The number of aromatic nitrogens is 2. The molecule has 20 heavy (non-hydrogen) atoms. The third-order valence-corrected chi connectivity index (χ3v) is 2.96. The highest BCUT2D eigenvalue weighted by Crippen LogP contribution is 2.07. The number of methoxy groups -OCH3 is 2. The monoisotopic (exact) mass is 282 g/mol. The molecule has 1 aromatic heterocycles. The van der Waals surface area contributed by atoms with Crippen LogP contribution >= 0.6 is 0 Å². The van der Waals surface area contributed by atoms with Gasteiger partial charge < -0.3 is 20.1 Å². The third-order valence-electron chi connectivity index (χ3n) is 2.96. The van der Waals surface area contributed by atoms with Crippen LogP contribution in [0.15, 0.2) is 6.20 Å². The molecule has 0 aliphatic heterocycles. The van der Waals surface area contributed by atoms with Crippen molar-refractivity contribution in [3.8, 4) is 0 Å². The number of rotatable bonds is 9. The summed E-state index contributed by atoms with van der Waals surface area (Å²) in [6.45, 7) is 8.17. The Morgan fingerprint density at radius 3 is 2.60 bits per heavy atom. The fourth-order valence-electron chi connectivity index (χ4n) is 1.67. The quantitative estimate of drug-likeness (QED) is 0.713. The van der Waals surface area contributed by atoms with Gasteiger partial charge in [0.2, 0.25) is 5.95 Å². The molecular weight excluding hydrogens is 256 g/mol. The molecule has 1 unspecified atom stereocenters. The van der Waals surface area contributed by atoms with Crippen molar-refractivity contribution in [2.24, 2.45) is 0 Å². The minimum atomic E-state index is -0.00816. The van der Waals surface area contributed by atoms with Crippen molar-refractivity contribution in [3.05, 3.63) is 17.5 Å². The van der Waals surface area contributed by atoms with Crippen LogP contribution in [-0.4, -0.2) is 49.5 Å². The zero-order valence-corrected chi connectivity index (χ0v) is 13.1. The van der Waals surface area contributed by atoms with Gasteiger partial charge in [0.15, 0.2) is 0 Å². The molecule has 0 aliphatic carbocycles. The van der Waals surface area contributed by atoms with E-state index in [4.69, 9.17) is 9.47 Å². The maximum absolute atomic E-state index is 5.28. The second-order valence-corrected chi connectivity index (χ2v) is 5.03. The number of hydrogen-bond donors (Lipinski definition) is 2. The lowest BCUT2D eigenvalue weighted by Crippen LogP contribution is -2.27. The molecule has 1 aromatic rings. The van der Waals surface area contributed by atoms with Crippen molar-refractivity contribution in [2.45, 2.75) is 39.5 Å². The van der Waals surface area contributed by atoms with E-state index in [1.54, 1.807) is 14.2 Å². The Morgan fingerprint density at radius 1 is 1.30 bits per heavy atom. The van der Waals surface area contributed by atoms with Crippen LogP contribution in [-0.2, 0) is 16.0 Å². The molecule has 0 spiro atoms. The molecule has 0 aromatic carbocycles. The van der Waals surface area contributed by atoms with Gasteiger partial charge in [-0.2, -0.15) is 0 Å². The van der Waals surface area contributed by atoms with Crippen molar-refractivity contribution < 1.29 is 9.47 Å². The van der Waals surface area contributed by atoms with E-state index in [2.05, 4.69) is 34.4 Å². The minimum Gasteiger partial charge on any atom is -0.382 e. The third kappa shape index (κ3) is 5.81. The molecule has 0 amide bonds. The van der Waals surface area contributed by atoms with Crippen LogP contribution in [0.25, 0.3) is 0 Å². The summed E-state index contributed by atoms with van der Waals surface area (Å²) in [5, 5.41) is 6.53. The first-order valence-corrected chi connectivity index (χ1v) is 6.88. The fraction of sp³-hybridized carbons (Fsp3) is 0.714. The van der Waals surface area contributed by atoms with Crippen LogP contribution in [0.3, 0.4) is 0 Å². The first-order chi connectivity index (χ1) is 9.56. The molecule has 6 nitrogen and oxygen atoms in total. The zero-order valence-electron chi connectivity index (χ0n) is 13.1. The van der Waals surface area contributed by atoms with Gasteiger partial charge in [-0.25, -0.2) is 9.97 Å². The first-order valence-electron chi connectivity index (χ1n) is 6.88. The average Bonchev–Trinajstić information content (AvgIpc) is 2.42. The second kappa shape index (κ2) is 8.84. The Hall–Kier alpha value is -1.24. The van der Waals surface area contributed by atoms with E-state index in [0.717, 1.165) is 17.8 Å². The Kier molecular flexibility index (Phi) is 7.43. The van der Waals surface area contributed by atoms with Crippen molar-refractivity contribution in [1.29, 1.82) is 0 Å². The molecule has 0 radical (unpaired) electrons. The lowest BCUT2D eigenvalue weighted by atomic mass is 10.2. The van der Waals surface area contributed by atoms with Gasteiger partial charge in [-0.05, 0) is 6.92 Å². The summed E-state index contributed by atoms with van der Waals surface area (Å²) >= 11 is 0. The van der Waals surface area contributed by atoms with E-state index in [-0.39, 0.29) is 6.10 Å². The summed E-state index contributed by atoms with van der Waals surface area (Å²) in [5.74, 6) is 0.619. The van der Waals surface area contributed by atoms with E-state index >= 15 is 0 Å². The van der Waals surface area contributed by atoms with Crippen molar-refractivity contribution in [1.82, 2.24) is 15.3 Å². The largest absolute Gasteiger partial charge is 0.382 e. The summed E-state index contributed by atoms with van der Waals surface area (Å²) in [6, 6.07) is 0.448. The topological polar surface area (TPSA) is 68.3 Å². The molecule has 0 bridgehead atoms. The fourth-order valence-corrected chi connectivity index (χ4v) is 1.67. The van der Waals surface area contributed by atoms with Crippen LogP contribution in [0.1, 0.15) is 25.1 Å². The number of nitrogens with zero attached hydrogens (tertiary/aromatic N) is 2. The Bertz CT molecular complexity index is 399. The van der Waals surface area contributed by atoms with Gasteiger partial charge >= 0.3 is 0 Å². The van der Waals surface area contributed by atoms with E-state index in [1.807, 2.05) is 13.1 Å². The Labute approximate surface area is 121 Å². The maximum atomic E-state index is 5.28. The number of ether oxygens (including phenoxy) is 2. The van der Waals surface area contributed by atoms with Gasteiger partial charge in [-0.3, -0.25) is 0 Å². The van der Waals surface area contributed by atoms with Crippen LogP contribution in [0.2, 0.25) is 0 Å². The standard InChI is InChI=1S/C14H26N4O2/c1-10(2)15-6-12-7-16-14(18-11(12)3)17-8-13(20-5)9-19-4/h7,10,13,15H,6,8-9H2,1-5H3,(H,16,17,18). The molecule has 1 heterocycles. The predicted molar refractivity (Wildman–Crippen MR) is 79.9 cm³/mol. The predicted octanol–water partition coefficient (Wildman–Crippen LogP) is 1.36. The summed E-state index contributed by atoms with van der Waals surface area (Å²) in [6.07, 6.45) is 1.85. The van der Waals surface area contributed by atoms with Gasteiger partial charge in [0, 0.05) is 50.8 Å². The molecule has 1 atom stereocenters. The smallest absolute Gasteiger partial charge is 0.222 e. The van der Waals surface area contributed by atoms with E-state index < -0.39 is 0 Å². The first kappa shape index (κ1) is 16.8. The number of aryl methyl sites for hydroxylation is 1. The zero-order chi connectivity index (χ0) is 15.0.